The van der Waals surface area contributed by atoms with Gasteiger partial charge in [0.15, 0.2) is 6.61 Å². The van der Waals surface area contributed by atoms with Crippen molar-refractivity contribution >= 4 is 51.9 Å². The van der Waals surface area contributed by atoms with Gasteiger partial charge in [0.1, 0.15) is 12.2 Å². The molecule has 0 aromatic heterocycles. The minimum Gasteiger partial charge on any atom is -0.454 e. The van der Waals surface area contributed by atoms with Crippen molar-refractivity contribution in [1.29, 1.82) is 0 Å². The molecule has 1 aliphatic rings. The molecule has 11 heteroatoms. The minimum atomic E-state index is -0.754. The number of hydrogen-bond acceptors (Lipinski definition) is 7. The first-order chi connectivity index (χ1) is 11.4. The summed E-state index contributed by atoms with van der Waals surface area (Å²) in [5.41, 5.74) is -0.432. The smallest absolute Gasteiger partial charge is 0.326 e. The van der Waals surface area contributed by atoms with E-state index >= 15 is 0 Å². The summed E-state index contributed by atoms with van der Waals surface area (Å²) in [6, 6.07) is 3.70. The SMILES string of the molecule is O=C(COC(=O)CN1CCSC1=O)Nc1cc(Cl)ccc1[N+](=O)[O-]. The standard InChI is InChI=1S/C13H12ClN3O6S/c14-8-1-2-10(17(21)22)9(5-8)15-11(18)7-23-12(19)6-16-3-4-24-13(16)20/h1-2,5H,3-4,6-7H2,(H,15,18). The van der Waals surface area contributed by atoms with Crippen LogP contribution in [0.1, 0.15) is 0 Å². The lowest BCUT2D eigenvalue weighted by molar-refractivity contribution is -0.383. The van der Waals surface area contributed by atoms with Crippen LogP contribution in [0.5, 0.6) is 0 Å². The topological polar surface area (TPSA) is 119 Å². The number of amides is 2. The Bertz CT molecular complexity index is 698. The van der Waals surface area contributed by atoms with Gasteiger partial charge in [-0.05, 0) is 12.1 Å². The van der Waals surface area contributed by atoms with Gasteiger partial charge in [-0.25, -0.2) is 0 Å². The van der Waals surface area contributed by atoms with Crippen molar-refractivity contribution < 1.29 is 24.0 Å². The average molecular weight is 374 g/mol. The van der Waals surface area contributed by atoms with Crippen LogP contribution < -0.4 is 5.32 Å². The maximum atomic E-state index is 11.8. The number of carbonyl (C=O) groups is 3. The van der Waals surface area contributed by atoms with Crippen LogP contribution in [0.15, 0.2) is 18.2 Å². The molecule has 0 atom stereocenters. The molecule has 1 aromatic carbocycles. The molecule has 0 saturated carbocycles. The number of ether oxygens (including phenoxy) is 1. The van der Waals surface area contributed by atoms with Crippen molar-refractivity contribution in [2.24, 2.45) is 0 Å². The Hall–Kier alpha value is -2.33. The zero-order valence-electron chi connectivity index (χ0n) is 12.2. The number of halogens is 1. The Balaban J connectivity index is 1.87. The van der Waals surface area contributed by atoms with Crippen molar-refractivity contribution in [3.63, 3.8) is 0 Å². The van der Waals surface area contributed by atoms with E-state index in [1.165, 1.54) is 17.0 Å². The molecule has 2 rings (SSSR count). The number of nitrogens with zero attached hydrogens (tertiary/aromatic N) is 2. The van der Waals surface area contributed by atoms with Crippen molar-refractivity contribution in [1.82, 2.24) is 4.90 Å². The molecule has 24 heavy (non-hydrogen) atoms. The zero-order valence-corrected chi connectivity index (χ0v) is 13.8. The van der Waals surface area contributed by atoms with Gasteiger partial charge in [-0.3, -0.25) is 24.5 Å². The first-order valence-electron chi connectivity index (χ1n) is 6.68. The van der Waals surface area contributed by atoms with Gasteiger partial charge in [0.2, 0.25) is 0 Å². The normalized spacial score (nSPS) is 13.7. The molecular weight excluding hydrogens is 362 g/mol. The second kappa shape index (κ2) is 7.97. The molecule has 1 heterocycles. The number of nitro benzene ring substituents is 1. The molecule has 0 unspecified atom stereocenters. The molecule has 0 radical (unpaired) electrons. The van der Waals surface area contributed by atoms with E-state index in [0.29, 0.717) is 12.3 Å². The largest absolute Gasteiger partial charge is 0.454 e. The van der Waals surface area contributed by atoms with Crippen LogP contribution in [-0.4, -0.2) is 52.4 Å². The highest BCUT2D eigenvalue weighted by molar-refractivity contribution is 8.13. The molecule has 1 N–H and O–H groups in total. The maximum Gasteiger partial charge on any atom is 0.326 e. The van der Waals surface area contributed by atoms with Crippen molar-refractivity contribution in [2.75, 3.05) is 30.8 Å². The van der Waals surface area contributed by atoms with Gasteiger partial charge in [-0.2, -0.15) is 0 Å². The minimum absolute atomic E-state index is 0.0975. The Kier molecular flexibility index (Phi) is 5.99. The van der Waals surface area contributed by atoms with Gasteiger partial charge < -0.3 is 15.0 Å². The highest BCUT2D eigenvalue weighted by Gasteiger charge is 2.24. The van der Waals surface area contributed by atoms with E-state index in [9.17, 15) is 24.5 Å². The highest BCUT2D eigenvalue weighted by atomic mass is 35.5. The number of benzene rings is 1. The molecule has 0 bridgehead atoms. The van der Waals surface area contributed by atoms with Gasteiger partial charge in [0.25, 0.3) is 16.8 Å². The third-order valence-corrected chi connectivity index (χ3v) is 4.09. The molecule has 9 nitrogen and oxygen atoms in total. The van der Waals surface area contributed by atoms with Crippen LogP contribution in [0.3, 0.4) is 0 Å². The zero-order chi connectivity index (χ0) is 17.7. The van der Waals surface area contributed by atoms with Crippen LogP contribution in [0, 0.1) is 10.1 Å². The molecule has 1 saturated heterocycles. The summed E-state index contributed by atoms with van der Waals surface area (Å²) in [6.45, 7) is -0.423. The van der Waals surface area contributed by atoms with Gasteiger partial charge >= 0.3 is 5.97 Å². The second-order valence-electron chi connectivity index (χ2n) is 4.66. The summed E-state index contributed by atoms with van der Waals surface area (Å²) in [6.07, 6.45) is 0. The van der Waals surface area contributed by atoms with E-state index in [1.54, 1.807) is 0 Å². The van der Waals surface area contributed by atoms with Gasteiger partial charge in [-0.1, -0.05) is 23.4 Å². The predicted molar refractivity (Wildman–Crippen MR) is 87.1 cm³/mol. The monoisotopic (exact) mass is 373 g/mol. The van der Waals surface area contributed by atoms with Gasteiger partial charge in [0.05, 0.1) is 4.92 Å². The van der Waals surface area contributed by atoms with Crippen LogP contribution >= 0.6 is 23.4 Å². The van der Waals surface area contributed by atoms with Crippen LogP contribution in [0.2, 0.25) is 5.02 Å². The number of thioether (sulfide) groups is 1. The third kappa shape index (κ3) is 4.83. The lowest BCUT2D eigenvalue weighted by atomic mass is 10.2. The number of nitrogens with one attached hydrogen (secondary N) is 1. The molecule has 1 aliphatic heterocycles. The van der Waals surface area contributed by atoms with Crippen LogP contribution in [0.25, 0.3) is 0 Å². The summed E-state index contributed by atoms with van der Waals surface area (Å²) < 4.78 is 4.76. The van der Waals surface area contributed by atoms with E-state index < -0.39 is 23.4 Å². The Morgan fingerprint density at radius 2 is 2.21 bits per heavy atom. The number of hydrogen-bond donors (Lipinski definition) is 1. The number of anilines is 1. The fourth-order valence-electron chi connectivity index (χ4n) is 1.87. The van der Waals surface area contributed by atoms with Crippen LogP contribution in [0.4, 0.5) is 16.2 Å². The molecule has 0 aliphatic carbocycles. The van der Waals surface area contributed by atoms with Gasteiger partial charge in [-0.15, -0.1) is 0 Å². The summed E-state index contributed by atoms with van der Waals surface area (Å²) >= 11 is 6.85. The van der Waals surface area contributed by atoms with Gasteiger partial charge in [0, 0.05) is 23.4 Å². The predicted octanol–water partition coefficient (Wildman–Crippen LogP) is 1.90. The summed E-state index contributed by atoms with van der Waals surface area (Å²) in [5.74, 6) is -0.886. The van der Waals surface area contributed by atoms with Crippen molar-refractivity contribution in [3.05, 3.63) is 33.3 Å². The maximum absolute atomic E-state index is 11.8. The Morgan fingerprint density at radius 1 is 1.46 bits per heavy atom. The second-order valence-corrected chi connectivity index (χ2v) is 6.15. The molecule has 1 fully saturated rings. The first kappa shape index (κ1) is 18.0. The van der Waals surface area contributed by atoms with Crippen molar-refractivity contribution in [2.45, 2.75) is 0 Å². The number of carbonyl (C=O) groups excluding carboxylic acids is 3. The third-order valence-electron chi connectivity index (χ3n) is 2.96. The number of rotatable bonds is 6. The quantitative estimate of drug-likeness (QED) is 0.459. The molecule has 128 valence electrons. The van der Waals surface area contributed by atoms with E-state index in [2.05, 4.69) is 5.32 Å². The number of nitro groups is 1. The lowest BCUT2D eigenvalue weighted by Gasteiger charge is -2.13. The lowest BCUT2D eigenvalue weighted by Crippen LogP contribution is -2.32. The van der Waals surface area contributed by atoms with E-state index in [0.717, 1.165) is 17.8 Å². The molecule has 2 amide bonds. The van der Waals surface area contributed by atoms with E-state index in [-0.39, 0.29) is 28.2 Å². The van der Waals surface area contributed by atoms with Crippen molar-refractivity contribution in [3.8, 4) is 0 Å². The molecule has 0 spiro atoms. The first-order valence-corrected chi connectivity index (χ1v) is 8.04. The van der Waals surface area contributed by atoms with E-state index in [1.807, 2.05) is 0 Å². The Labute approximate surface area is 145 Å². The fraction of sp³-hybridized carbons (Fsp3) is 0.308. The summed E-state index contributed by atoms with van der Waals surface area (Å²) in [4.78, 5) is 46.2. The van der Waals surface area contributed by atoms with E-state index in [4.69, 9.17) is 16.3 Å². The average Bonchev–Trinajstić information content (AvgIpc) is 2.90. The highest BCUT2D eigenvalue weighted by Crippen LogP contribution is 2.27. The molecule has 1 aromatic rings. The van der Waals surface area contributed by atoms with Crippen LogP contribution in [-0.2, 0) is 14.3 Å². The number of esters is 1. The molecular formula is C13H12ClN3O6S. The summed E-state index contributed by atoms with van der Waals surface area (Å²) in [7, 11) is 0. The Morgan fingerprint density at radius 3 is 2.83 bits per heavy atom. The fourth-order valence-corrected chi connectivity index (χ4v) is 2.87. The summed E-state index contributed by atoms with van der Waals surface area (Å²) in [5, 5.41) is 13.1.